The normalized spacial score (nSPS) is 16.7. The topological polar surface area (TPSA) is 47.6 Å². The average molecular weight is 406 g/mol. The van der Waals surface area contributed by atoms with Crippen LogP contribution in [0.4, 0.5) is 11.4 Å². The van der Waals surface area contributed by atoms with Gasteiger partial charge in [-0.2, -0.15) is 0 Å². The Balaban J connectivity index is 1.95. The Morgan fingerprint density at radius 2 is 1.92 bits per heavy atom. The summed E-state index contributed by atoms with van der Waals surface area (Å²) in [6.07, 6.45) is 0. The first-order valence-corrected chi connectivity index (χ1v) is 8.60. The molecule has 0 spiro atoms. The number of benzene rings is 2. The number of hydrogen-bond acceptors (Lipinski definition) is 4. The molecule has 0 bridgehead atoms. The molecule has 0 atom stereocenters. The smallest absolute Gasteiger partial charge is 0.252 e. The van der Waals surface area contributed by atoms with Gasteiger partial charge in [-0.05, 0) is 49.4 Å². The number of anilines is 2. The van der Waals surface area contributed by atoms with E-state index in [0.717, 1.165) is 32.8 Å². The standard InChI is InChI=1S/C17H14BrClN4O/c1-10-17-14-7-2-11(18)8-15(14)23(13-5-3-12(19)4-6-13)16(24)9-22(17)21-20-10/h2-8,20-21H,9H2,1H3. The number of rotatable bonds is 1. The molecule has 7 heteroatoms. The van der Waals surface area contributed by atoms with E-state index in [2.05, 4.69) is 26.9 Å². The van der Waals surface area contributed by atoms with Gasteiger partial charge in [-0.3, -0.25) is 14.7 Å². The highest BCUT2D eigenvalue weighted by Crippen LogP contribution is 2.40. The summed E-state index contributed by atoms with van der Waals surface area (Å²) >= 11 is 9.51. The number of hydrogen-bond donors (Lipinski definition) is 2. The van der Waals surface area contributed by atoms with Crippen LogP contribution in [0.15, 0.2) is 52.6 Å². The van der Waals surface area contributed by atoms with Crippen molar-refractivity contribution in [3.8, 4) is 0 Å². The second-order valence-corrected chi connectivity index (χ2v) is 7.02. The van der Waals surface area contributed by atoms with Crippen molar-refractivity contribution in [3.63, 3.8) is 0 Å². The number of hydrazine groups is 2. The van der Waals surface area contributed by atoms with E-state index in [1.807, 2.05) is 42.3 Å². The van der Waals surface area contributed by atoms with Crippen molar-refractivity contribution in [1.29, 1.82) is 0 Å². The van der Waals surface area contributed by atoms with Gasteiger partial charge in [0.25, 0.3) is 5.91 Å². The highest BCUT2D eigenvalue weighted by molar-refractivity contribution is 9.10. The monoisotopic (exact) mass is 404 g/mol. The summed E-state index contributed by atoms with van der Waals surface area (Å²) in [7, 11) is 0. The SMILES string of the molecule is CC1=C2c3ccc(Br)cc3N(c3ccc(Cl)cc3)C(=O)CN2NN1. The molecule has 0 radical (unpaired) electrons. The van der Waals surface area contributed by atoms with Gasteiger partial charge in [-0.1, -0.05) is 27.5 Å². The Kier molecular flexibility index (Phi) is 3.75. The van der Waals surface area contributed by atoms with Crippen LogP contribution in [0.25, 0.3) is 5.70 Å². The highest BCUT2D eigenvalue weighted by Gasteiger charge is 2.34. The van der Waals surface area contributed by atoms with Gasteiger partial charge in [0.05, 0.1) is 17.1 Å². The molecule has 0 aliphatic carbocycles. The van der Waals surface area contributed by atoms with Crippen molar-refractivity contribution in [2.24, 2.45) is 0 Å². The Hall–Kier alpha value is -2.02. The lowest BCUT2D eigenvalue weighted by molar-refractivity contribution is -0.118. The Morgan fingerprint density at radius 1 is 1.17 bits per heavy atom. The van der Waals surface area contributed by atoms with Crippen LogP contribution in [0.1, 0.15) is 12.5 Å². The summed E-state index contributed by atoms with van der Waals surface area (Å²) in [4.78, 5) is 14.7. The number of nitrogens with one attached hydrogen (secondary N) is 2. The summed E-state index contributed by atoms with van der Waals surface area (Å²) in [5.41, 5.74) is 10.7. The van der Waals surface area contributed by atoms with E-state index in [1.165, 1.54) is 0 Å². The number of amides is 1. The molecule has 122 valence electrons. The van der Waals surface area contributed by atoms with Crippen molar-refractivity contribution in [2.45, 2.75) is 6.92 Å². The number of halogens is 2. The molecule has 0 saturated carbocycles. The van der Waals surface area contributed by atoms with Gasteiger partial charge in [0.1, 0.15) is 6.54 Å². The number of carbonyl (C=O) groups is 1. The van der Waals surface area contributed by atoms with Gasteiger partial charge >= 0.3 is 0 Å². The molecule has 2 aliphatic rings. The minimum Gasteiger partial charge on any atom is -0.306 e. The van der Waals surface area contributed by atoms with E-state index in [0.29, 0.717) is 5.02 Å². The second kappa shape index (κ2) is 5.81. The lowest BCUT2D eigenvalue weighted by Crippen LogP contribution is -2.42. The summed E-state index contributed by atoms with van der Waals surface area (Å²) < 4.78 is 0.915. The van der Waals surface area contributed by atoms with Gasteiger partial charge in [0.2, 0.25) is 0 Å². The van der Waals surface area contributed by atoms with E-state index in [-0.39, 0.29) is 12.5 Å². The molecule has 0 saturated heterocycles. The van der Waals surface area contributed by atoms with Crippen LogP contribution >= 0.6 is 27.5 Å². The van der Waals surface area contributed by atoms with Gasteiger partial charge < -0.3 is 5.43 Å². The van der Waals surface area contributed by atoms with E-state index in [1.54, 1.807) is 17.0 Å². The first-order chi connectivity index (χ1) is 11.5. The molecule has 5 nitrogen and oxygen atoms in total. The predicted octanol–water partition coefficient (Wildman–Crippen LogP) is 3.79. The minimum absolute atomic E-state index is 0.0318. The molecule has 2 heterocycles. The van der Waals surface area contributed by atoms with Gasteiger partial charge in [0, 0.05) is 20.7 Å². The van der Waals surface area contributed by atoms with Crippen LogP contribution in [0.2, 0.25) is 5.02 Å². The zero-order chi connectivity index (χ0) is 16.8. The van der Waals surface area contributed by atoms with Crippen LogP contribution < -0.4 is 15.9 Å². The first kappa shape index (κ1) is 15.5. The molecule has 0 aromatic heterocycles. The lowest BCUT2D eigenvalue weighted by Gasteiger charge is -2.23. The second-order valence-electron chi connectivity index (χ2n) is 5.66. The summed E-state index contributed by atoms with van der Waals surface area (Å²) in [6.45, 7) is 2.20. The molecule has 2 aromatic carbocycles. The lowest BCUT2D eigenvalue weighted by atomic mass is 10.1. The third-order valence-electron chi connectivity index (χ3n) is 4.09. The maximum atomic E-state index is 13.0. The molecule has 0 fully saturated rings. The summed E-state index contributed by atoms with van der Waals surface area (Å²) in [6, 6.07) is 13.2. The highest BCUT2D eigenvalue weighted by atomic mass is 79.9. The number of allylic oxidation sites excluding steroid dienone is 1. The minimum atomic E-state index is -0.0318. The number of fused-ring (bicyclic) bond motifs is 3. The molecule has 1 amide bonds. The third-order valence-corrected chi connectivity index (χ3v) is 4.83. The Labute approximate surface area is 153 Å². The fraction of sp³-hybridized carbons (Fsp3) is 0.118. The Bertz CT molecular complexity index is 865. The number of nitrogens with zero attached hydrogens (tertiary/aromatic N) is 2. The van der Waals surface area contributed by atoms with Crippen molar-refractivity contribution in [2.75, 3.05) is 11.4 Å². The van der Waals surface area contributed by atoms with Crippen molar-refractivity contribution >= 4 is 50.5 Å². The fourth-order valence-electron chi connectivity index (χ4n) is 3.04. The predicted molar refractivity (Wildman–Crippen MR) is 98.3 cm³/mol. The van der Waals surface area contributed by atoms with E-state index in [4.69, 9.17) is 11.6 Å². The van der Waals surface area contributed by atoms with Gasteiger partial charge in [-0.15, -0.1) is 5.53 Å². The van der Waals surface area contributed by atoms with Gasteiger partial charge in [0.15, 0.2) is 0 Å². The summed E-state index contributed by atoms with van der Waals surface area (Å²) in [5, 5.41) is 2.47. The first-order valence-electron chi connectivity index (χ1n) is 7.43. The average Bonchev–Trinajstić information content (AvgIpc) is 2.84. The maximum absolute atomic E-state index is 13.0. The molecule has 2 N–H and O–H groups in total. The zero-order valence-corrected chi connectivity index (χ0v) is 15.1. The Morgan fingerprint density at radius 3 is 2.67 bits per heavy atom. The van der Waals surface area contributed by atoms with Crippen LogP contribution in [-0.4, -0.2) is 17.5 Å². The van der Waals surface area contributed by atoms with Crippen molar-refractivity contribution < 1.29 is 4.79 Å². The van der Waals surface area contributed by atoms with Crippen LogP contribution in [0.3, 0.4) is 0 Å². The van der Waals surface area contributed by atoms with Crippen LogP contribution in [0, 0.1) is 0 Å². The maximum Gasteiger partial charge on any atom is 0.252 e. The van der Waals surface area contributed by atoms with Crippen molar-refractivity contribution in [3.05, 3.63) is 63.2 Å². The quantitative estimate of drug-likeness (QED) is 0.758. The van der Waals surface area contributed by atoms with E-state index < -0.39 is 0 Å². The number of carbonyl (C=O) groups excluding carboxylic acids is 1. The molecular formula is C17H14BrClN4O. The van der Waals surface area contributed by atoms with Crippen LogP contribution in [-0.2, 0) is 4.79 Å². The molecule has 4 rings (SSSR count). The fourth-order valence-corrected chi connectivity index (χ4v) is 3.51. The van der Waals surface area contributed by atoms with Gasteiger partial charge in [-0.25, -0.2) is 0 Å². The molecule has 2 aliphatic heterocycles. The van der Waals surface area contributed by atoms with Crippen molar-refractivity contribution in [1.82, 2.24) is 16.0 Å². The van der Waals surface area contributed by atoms with Crippen LogP contribution in [0.5, 0.6) is 0 Å². The molecule has 2 aromatic rings. The summed E-state index contributed by atoms with van der Waals surface area (Å²) in [5.74, 6) is -0.0318. The zero-order valence-electron chi connectivity index (χ0n) is 12.8. The van der Waals surface area contributed by atoms with E-state index in [9.17, 15) is 4.79 Å². The molecule has 0 unspecified atom stereocenters. The molecule has 24 heavy (non-hydrogen) atoms. The molecular weight excluding hydrogens is 392 g/mol. The largest absolute Gasteiger partial charge is 0.306 e. The third kappa shape index (κ3) is 2.47. The van der Waals surface area contributed by atoms with E-state index >= 15 is 0 Å².